The molecule has 0 bridgehead atoms. The first-order valence-corrected chi connectivity index (χ1v) is 7.86. The Morgan fingerprint density at radius 1 is 1.05 bits per heavy atom. The molecule has 1 N–H and O–H groups in total. The van der Waals surface area contributed by atoms with Crippen LogP contribution in [-0.2, 0) is 9.47 Å². The van der Waals surface area contributed by atoms with E-state index in [0.717, 1.165) is 0 Å². The summed E-state index contributed by atoms with van der Waals surface area (Å²) in [5, 5.41) is 2.87. The van der Waals surface area contributed by atoms with Gasteiger partial charge < -0.3 is 19.7 Å². The third-order valence-corrected chi connectivity index (χ3v) is 3.23. The van der Waals surface area contributed by atoms with Gasteiger partial charge in [0.05, 0.1) is 0 Å². The number of amides is 2. The topological polar surface area (TPSA) is 67.9 Å². The number of carbonyl (C=O) groups excluding carboxylic acids is 2. The second-order valence-corrected chi connectivity index (χ2v) is 7.89. The summed E-state index contributed by atoms with van der Waals surface area (Å²) in [6.45, 7) is 13.6. The second kappa shape index (κ2) is 6.75. The molecule has 6 heteroatoms. The molecule has 0 spiro atoms. The van der Waals surface area contributed by atoms with Gasteiger partial charge in [-0.15, -0.1) is 0 Å². The fourth-order valence-electron chi connectivity index (χ4n) is 2.37. The number of ether oxygens (including phenoxy) is 2. The van der Waals surface area contributed by atoms with E-state index in [1.165, 1.54) is 0 Å². The molecule has 0 aromatic carbocycles. The number of hydrogen-bond donors (Lipinski definition) is 1. The molecule has 1 fully saturated rings. The van der Waals surface area contributed by atoms with E-state index in [-0.39, 0.29) is 18.2 Å². The van der Waals surface area contributed by atoms with E-state index in [1.54, 1.807) is 4.90 Å². The zero-order valence-corrected chi connectivity index (χ0v) is 14.9. The van der Waals surface area contributed by atoms with Gasteiger partial charge in [0.2, 0.25) is 0 Å². The zero-order valence-electron chi connectivity index (χ0n) is 14.9. The molecule has 1 heterocycles. The minimum absolute atomic E-state index is 0.0172. The molecule has 1 rings (SSSR count). The molecule has 1 saturated heterocycles. The van der Waals surface area contributed by atoms with E-state index in [1.807, 2.05) is 48.5 Å². The monoisotopic (exact) mass is 314 g/mol. The highest BCUT2D eigenvalue weighted by Gasteiger charge is 2.32. The lowest BCUT2D eigenvalue weighted by molar-refractivity contribution is 0.00842. The molecule has 22 heavy (non-hydrogen) atoms. The Labute approximate surface area is 133 Å². The number of hydrogen-bond acceptors (Lipinski definition) is 4. The van der Waals surface area contributed by atoms with Crippen molar-refractivity contribution in [3.05, 3.63) is 0 Å². The maximum Gasteiger partial charge on any atom is 0.410 e. The Morgan fingerprint density at radius 3 is 2.05 bits per heavy atom. The lowest BCUT2D eigenvalue weighted by Crippen LogP contribution is -2.52. The zero-order chi connectivity index (χ0) is 17.1. The predicted molar refractivity (Wildman–Crippen MR) is 84.8 cm³/mol. The first kappa shape index (κ1) is 18.6. The van der Waals surface area contributed by atoms with Gasteiger partial charge in [-0.3, -0.25) is 0 Å². The van der Waals surface area contributed by atoms with Crippen LogP contribution in [0.15, 0.2) is 0 Å². The van der Waals surface area contributed by atoms with E-state index in [0.29, 0.717) is 19.4 Å². The van der Waals surface area contributed by atoms with E-state index in [9.17, 15) is 9.59 Å². The van der Waals surface area contributed by atoms with Gasteiger partial charge in [-0.25, -0.2) is 9.59 Å². The lowest BCUT2D eigenvalue weighted by Gasteiger charge is -2.38. The second-order valence-electron chi connectivity index (χ2n) is 7.89. The van der Waals surface area contributed by atoms with Crippen LogP contribution in [0.2, 0.25) is 0 Å². The van der Waals surface area contributed by atoms with E-state index < -0.39 is 17.3 Å². The number of alkyl carbamates (subject to hydrolysis) is 1. The number of nitrogens with zero attached hydrogens (tertiary/aromatic N) is 1. The van der Waals surface area contributed by atoms with E-state index in [4.69, 9.17) is 9.47 Å². The van der Waals surface area contributed by atoms with Crippen molar-refractivity contribution in [1.29, 1.82) is 0 Å². The summed E-state index contributed by atoms with van der Waals surface area (Å²) < 4.78 is 10.7. The van der Waals surface area contributed by atoms with Crippen molar-refractivity contribution in [2.45, 2.75) is 84.6 Å². The fourth-order valence-corrected chi connectivity index (χ4v) is 2.37. The van der Waals surface area contributed by atoms with Crippen molar-refractivity contribution in [2.24, 2.45) is 0 Å². The van der Waals surface area contributed by atoms with Gasteiger partial charge in [0.25, 0.3) is 0 Å². The fraction of sp³-hybridized carbons (Fsp3) is 0.875. The molecule has 0 radical (unpaired) electrons. The number of piperidine rings is 1. The van der Waals surface area contributed by atoms with Crippen LogP contribution in [0.5, 0.6) is 0 Å². The smallest absolute Gasteiger partial charge is 0.410 e. The van der Waals surface area contributed by atoms with Crippen molar-refractivity contribution in [3.8, 4) is 0 Å². The van der Waals surface area contributed by atoms with Crippen LogP contribution in [0.1, 0.15) is 61.3 Å². The Balaban J connectivity index is 2.49. The molecule has 0 saturated carbocycles. The Hall–Kier alpha value is -1.46. The van der Waals surface area contributed by atoms with Crippen molar-refractivity contribution in [3.63, 3.8) is 0 Å². The standard InChI is InChI=1S/C16H30N2O4/c1-11-10-12(17-13(19)21-15(2,3)4)8-9-18(11)14(20)22-16(5,6)7/h11-12H,8-10H2,1-7H3,(H,17,19)/t11-,12+/m1/s1. The summed E-state index contributed by atoms with van der Waals surface area (Å²) >= 11 is 0. The van der Waals surface area contributed by atoms with Crippen LogP contribution < -0.4 is 5.32 Å². The molecule has 2 amide bonds. The number of rotatable bonds is 1. The molecule has 6 nitrogen and oxygen atoms in total. The summed E-state index contributed by atoms with van der Waals surface area (Å²) in [5.41, 5.74) is -1.00. The average molecular weight is 314 g/mol. The number of likely N-dealkylation sites (tertiary alicyclic amines) is 1. The van der Waals surface area contributed by atoms with Crippen molar-refractivity contribution >= 4 is 12.2 Å². The van der Waals surface area contributed by atoms with Crippen molar-refractivity contribution in [2.75, 3.05) is 6.54 Å². The van der Waals surface area contributed by atoms with Gasteiger partial charge in [0.15, 0.2) is 0 Å². The first-order valence-electron chi connectivity index (χ1n) is 7.86. The SMILES string of the molecule is C[C@@H]1C[C@@H](NC(=O)OC(C)(C)C)CCN1C(=O)OC(C)(C)C. The molecule has 128 valence electrons. The highest BCUT2D eigenvalue weighted by molar-refractivity contribution is 5.69. The van der Waals surface area contributed by atoms with Gasteiger partial charge in [-0.1, -0.05) is 0 Å². The average Bonchev–Trinajstić information content (AvgIpc) is 2.23. The maximum atomic E-state index is 12.1. The number of carbonyl (C=O) groups is 2. The molecule has 2 atom stereocenters. The van der Waals surface area contributed by atoms with Crippen LogP contribution in [-0.4, -0.2) is 46.9 Å². The van der Waals surface area contributed by atoms with Crippen molar-refractivity contribution < 1.29 is 19.1 Å². The van der Waals surface area contributed by atoms with Crippen LogP contribution in [0.4, 0.5) is 9.59 Å². The molecule has 0 aromatic rings. The normalized spacial score (nSPS) is 23.0. The summed E-state index contributed by atoms with van der Waals surface area (Å²) in [6, 6.07) is 0.0343. The molecule has 1 aliphatic heterocycles. The van der Waals surface area contributed by atoms with Crippen molar-refractivity contribution in [1.82, 2.24) is 10.2 Å². The summed E-state index contributed by atoms with van der Waals surface area (Å²) in [7, 11) is 0. The summed E-state index contributed by atoms with van der Waals surface area (Å²) in [4.78, 5) is 25.7. The molecular formula is C16H30N2O4. The van der Waals surface area contributed by atoms with Gasteiger partial charge >= 0.3 is 12.2 Å². The van der Waals surface area contributed by atoms with Gasteiger partial charge in [0, 0.05) is 18.6 Å². The van der Waals surface area contributed by atoms with Gasteiger partial charge in [-0.2, -0.15) is 0 Å². The number of nitrogens with one attached hydrogen (secondary N) is 1. The highest BCUT2D eigenvalue weighted by Crippen LogP contribution is 2.21. The Bertz CT molecular complexity index is 409. The minimum atomic E-state index is -0.507. The van der Waals surface area contributed by atoms with Crippen LogP contribution in [0.25, 0.3) is 0 Å². The summed E-state index contributed by atoms with van der Waals surface area (Å²) in [6.07, 6.45) is 0.688. The van der Waals surface area contributed by atoms with Gasteiger partial charge in [0.1, 0.15) is 11.2 Å². The van der Waals surface area contributed by atoms with Crippen LogP contribution >= 0.6 is 0 Å². The Kier molecular flexibility index (Phi) is 5.70. The molecular weight excluding hydrogens is 284 g/mol. The van der Waals surface area contributed by atoms with E-state index >= 15 is 0 Å². The van der Waals surface area contributed by atoms with E-state index in [2.05, 4.69) is 5.32 Å². The van der Waals surface area contributed by atoms with Gasteiger partial charge in [-0.05, 0) is 61.3 Å². The third kappa shape index (κ3) is 6.54. The minimum Gasteiger partial charge on any atom is -0.444 e. The molecule has 0 unspecified atom stereocenters. The highest BCUT2D eigenvalue weighted by atomic mass is 16.6. The van der Waals surface area contributed by atoms with Crippen LogP contribution in [0, 0.1) is 0 Å². The molecule has 1 aliphatic rings. The summed E-state index contributed by atoms with van der Waals surface area (Å²) in [5.74, 6) is 0. The lowest BCUT2D eigenvalue weighted by atomic mass is 9.99. The quantitative estimate of drug-likeness (QED) is 0.806. The molecule has 0 aromatic heterocycles. The predicted octanol–water partition coefficient (Wildman–Crippen LogP) is 3.30. The first-order chi connectivity index (χ1) is 9.87. The third-order valence-electron chi connectivity index (χ3n) is 3.23. The largest absolute Gasteiger partial charge is 0.444 e. The maximum absolute atomic E-state index is 12.1. The molecule has 0 aliphatic carbocycles. The van der Waals surface area contributed by atoms with Crippen LogP contribution in [0.3, 0.4) is 0 Å². The Morgan fingerprint density at radius 2 is 1.59 bits per heavy atom.